The summed E-state index contributed by atoms with van der Waals surface area (Å²) in [6, 6.07) is 15.0. The van der Waals surface area contributed by atoms with Crippen LogP contribution in [0.4, 0.5) is 0 Å². The minimum Gasteiger partial charge on any atom is -0.379 e. The van der Waals surface area contributed by atoms with E-state index in [1.165, 1.54) is 29.2 Å². The summed E-state index contributed by atoms with van der Waals surface area (Å²) in [6.07, 6.45) is 2.68. The van der Waals surface area contributed by atoms with E-state index in [1.807, 2.05) is 7.05 Å². The summed E-state index contributed by atoms with van der Waals surface area (Å²) < 4.78 is 5.71. The first-order chi connectivity index (χ1) is 11.8. The van der Waals surface area contributed by atoms with E-state index >= 15 is 0 Å². The van der Waals surface area contributed by atoms with Gasteiger partial charge in [0.25, 0.3) is 0 Å². The Balaban J connectivity index is 0.00000225. The largest absolute Gasteiger partial charge is 0.379 e. The van der Waals surface area contributed by atoms with Crippen molar-refractivity contribution in [1.82, 2.24) is 10.2 Å². The van der Waals surface area contributed by atoms with Crippen molar-refractivity contribution in [3.8, 4) is 0 Å². The first kappa shape index (κ1) is 20.0. The van der Waals surface area contributed by atoms with E-state index in [9.17, 15) is 0 Å². The van der Waals surface area contributed by atoms with Crippen LogP contribution >= 0.6 is 24.0 Å². The molecule has 0 bridgehead atoms. The first-order valence-electron chi connectivity index (χ1n) is 8.73. The third-order valence-electron chi connectivity index (χ3n) is 4.46. The summed E-state index contributed by atoms with van der Waals surface area (Å²) in [6.45, 7) is 3.29. The average Bonchev–Trinajstić information content (AvgIpc) is 3.43. The Kier molecular flexibility index (Phi) is 7.96. The quantitative estimate of drug-likeness (QED) is 0.299. The SMILES string of the molecule is CN=C(NCc1ccc2ccccc2c1)N(C)CCOCC1CC1.I. The number of hydrogen-bond donors (Lipinski definition) is 1. The molecule has 1 fully saturated rings. The van der Waals surface area contributed by atoms with Gasteiger partial charge >= 0.3 is 0 Å². The second-order valence-electron chi connectivity index (χ2n) is 6.52. The fourth-order valence-corrected chi connectivity index (χ4v) is 2.76. The molecule has 136 valence electrons. The summed E-state index contributed by atoms with van der Waals surface area (Å²) in [5, 5.41) is 5.98. The molecule has 1 saturated carbocycles. The Labute approximate surface area is 167 Å². The van der Waals surface area contributed by atoms with Gasteiger partial charge in [0, 0.05) is 33.8 Å². The lowest BCUT2D eigenvalue weighted by Crippen LogP contribution is -2.40. The Hall–Kier alpha value is -1.34. The van der Waals surface area contributed by atoms with Gasteiger partial charge in [-0.3, -0.25) is 4.99 Å². The number of hydrogen-bond acceptors (Lipinski definition) is 2. The number of guanidine groups is 1. The van der Waals surface area contributed by atoms with Crippen LogP contribution in [0.5, 0.6) is 0 Å². The van der Waals surface area contributed by atoms with Gasteiger partial charge < -0.3 is 15.0 Å². The standard InChI is InChI=1S/C20H27N3O.HI/c1-21-20(23(2)11-12-24-15-16-7-8-16)22-14-17-9-10-18-5-3-4-6-19(18)13-17;/h3-6,9-10,13,16H,7-8,11-12,14-15H2,1-2H3,(H,21,22);1H. The van der Waals surface area contributed by atoms with Gasteiger partial charge in [0.15, 0.2) is 5.96 Å². The number of ether oxygens (including phenoxy) is 1. The maximum absolute atomic E-state index is 5.71. The molecule has 25 heavy (non-hydrogen) atoms. The third-order valence-corrected chi connectivity index (χ3v) is 4.46. The summed E-state index contributed by atoms with van der Waals surface area (Å²) in [7, 11) is 3.88. The number of nitrogens with zero attached hydrogens (tertiary/aromatic N) is 2. The fraction of sp³-hybridized carbons (Fsp3) is 0.450. The summed E-state index contributed by atoms with van der Waals surface area (Å²) in [5.41, 5.74) is 1.26. The van der Waals surface area contributed by atoms with Gasteiger partial charge in [-0.05, 0) is 41.2 Å². The third kappa shape index (κ3) is 6.15. The zero-order valence-electron chi connectivity index (χ0n) is 15.1. The molecule has 5 heteroatoms. The predicted molar refractivity (Wildman–Crippen MR) is 116 cm³/mol. The number of benzene rings is 2. The molecule has 0 heterocycles. The van der Waals surface area contributed by atoms with E-state index < -0.39 is 0 Å². The fourth-order valence-electron chi connectivity index (χ4n) is 2.76. The molecule has 0 aromatic heterocycles. The van der Waals surface area contributed by atoms with Gasteiger partial charge in [0.05, 0.1) is 6.61 Å². The van der Waals surface area contributed by atoms with Crippen molar-refractivity contribution in [2.24, 2.45) is 10.9 Å². The normalized spacial score (nSPS) is 14.2. The van der Waals surface area contributed by atoms with E-state index in [1.54, 1.807) is 0 Å². The lowest BCUT2D eigenvalue weighted by atomic mass is 10.1. The van der Waals surface area contributed by atoms with Crippen molar-refractivity contribution in [2.45, 2.75) is 19.4 Å². The zero-order chi connectivity index (χ0) is 16.8. The molecule has 0 saturated heterocycles. The molecule has 0 amide bonds. The molecule has 0 aliphatic heterocycles. The first-order valence-corrected chi connectivity index (χ1v) is 8.73. The molecular weight excluding hydrogens is 425 g/mol. The van der Waals surface area contributed by atoms with Crippen LogP contribution in [0.3, 0.4) is 0 Å². The number of nitrogens with one attached hydrogen (secondary N) is 1. The summed E-state index contributed by atoms with van der Waals surface area (Å²) >= 11 is 0. The Morgan fingerprint density at radius 1 is 1.20 bits per heavy atom. The highest BCUT2D eigenvalue weighted by Gasteiger charge is 2.21. The maximum Gasteiger partial charge on any atom is 0.193 e. The van der Waals surface area contributed by atoms with Crippen molar-refractivity contribution in [1.29, 1.82) is 0 Å². The van der Waals surface area contributed by atoms with E-state index in [4.69, 9.17) is 4.74 Å². The van der Waals surface area contributed by atoms with E-state index in [0.29, 0.717) is 0 Å². The average molecular weight is 453 g/mol. The van der Waals surface area contributed by atoms with Crippen molar-refractivity contribution in [3.05, 3.63) is 48.0 Å². The van der Waals surface area contributed by atoms with Gasteiger partial charge in [-0.1, -0.05) is 36.4 Å². The molecule has 0 spiro atoms. The molecule has 1 aliphatic carbocycles. The molecule has 1 aliphatic rings. The van der Waals surface area contributed by atoms with Crippen molar-refractivity contribution in [2.75, 3.05) is 33.9 Å². The van der Waals surface area contributed by atoms with Crippen molar-refractivity contribution in [3.63, 3.8) is 0 Å². The maximum atomic E-state index is 5.71. The zero-order valence-corrected chi connectivity index (χ0v) is 17.4. The van der Waals surface area contributed by atoms with Gasteiger partial charge in [0.1, 0.15) is 0 Å². The summed E-state index contributed by atoms with van der Waals surface area (Å²) in [4.78, 5) is 6.49. The molecule has 2 aromatic carbocycles. The number of fused-ring (bicyclic) bond motifs is 1. The van der Waals surface area contributed by atoms with Crippen LogP contribution in [0.15, 0.2) is 47.5 Å². The molecule has 1 N–H and O–H groups in total. The Bertz CT molecular complexity index is 700. The lowest BCUT2D eigenvalue weighted by molar-refractivity contribution is 0.115. The highest BCUT2D eigenvalue weighted by atomic mass is 127. The highest BCUT2D eigenvalue weighted by Crippen LogP contribution is 2.28. The van der Waals surface area contributed by atoms with Gasteiger partial charge in [0.2, 0.25) is 0 Å². The van der Waals surface area contributed by atoms with Crippen LogP contribution in [0.2, 0.25) is 0 Å². The van der Waals surface area contributed by atoms with E-state index in [-0.39, 0.29) is 24.0 Å². The molecule has 0 atom stereocenters. The molecule has 0 radical (unpaired) electrons. The van der Waals surface area contributed by atoms with Gasteiger partial charge in [-0.25, -0.2) is 0 Å². The van der Waals surface area contributed by atoms with Crippen LogP contribution in [0, 0.1) is 5.92 Å². The smallest absolute Gasteiger partial charge is 0.193 e. The van der Waals surface area contributed by atoms with Crippen LogP contribution < -0.4 is 5.32 Å². The van der Waals surface area contributed by atoms with Crippen LogP contribution in [0.1, 0.15) is 18.4 Å². The van der Waals surface area contributed by atoms with Crippen LogP contribution in [-0.2, 0) is 11.3 Å². The highest BCUT2D eigenvalue weighted by molar-refractivity contribution is 14.0. The predicted octanol–water partition coefficient (Wildman–Crippen LogP) is 3.89. The molecule has 3 rings (SSSR count). The lowest BCUT2D eigenvalue weighted by Gasteiger charge is -2.22. The van der Waals surface area contributed by atoms with Gasteiger partial charge in [-0.15, -0.1) is 24.0 Å². The number of likely N-dealkylation sites (N-methyl/N-ethyl adjacent to an activating group) is 1. The molecule has 4 nitrogen and oxygen atoms in total. The molecule has 0 unspecified atom stereocenters. The summed E-state index contributed by atoms with van der Waals surface area (Å²) in [5.74, 6) is 1.72. The minimum atomic E-state index is 0. The van der Waals surface area contributed by atoms with Crippen molar-refractivity contribution >= 4 is 40.7 Å². The van der Waals surface area contributed by atoms with E-state index in [0.717, 1.165) is 38.2 Å². The monoisotopic (exact) mass is 453 g/mol. The van der Waals surface area contributed by atoms with Crippen molar-refractivity contribution < 1.29 is 4.74 Å². The second-order valence-corrected chi connectivity index (χ2v) is 6.52. The molecule has 2 aromatic rings. The number of rotatable bonds is 7. The second kappa shape index (κ2) is 9.97. The van der Waals surface area contributed by atoms with Gasteiger partial charge in [-0.2, -0.15) is 0 Å². The topological polar surface area (TPSA) is 36.9 Å². The minimum absolute atomic E-state index is 0. The van der Waals surface area contributed by atoms with Crippen LogP contribution in [-0.4, -0.2) is 44.7 Å². The van der Waals surface area contributed by atoms with Crippen LogP contribution in [0.25, 0.3) is 10.8 Å². The Morgan fingerprint density at radius 3 is 2.68 bits per heavy atom. The Morgan fingerprint density at radius 2 is 1.96 bits per heavy atom. The van der Waals surface area contributed by atoms with E-state index in [2.05, 4.69) is 64.7 Å². The number of halogens is 1. The molecular formula is C20H28IN3O. The number of aliphatic imine (C=N–C) groups is 1.